The topological polar surface area (TPSA) is 0 Å². The van der Waals surface area contributed by atoms with E-state index in [2.05, 4.69) is 32.0 Å². The highest BCUT2D eigenvalue weighted by Crippen LogP contribution is 2.33. The van der Waals surface area contributed by atoms with E-state index in [9.17, 15) is 0 Å². The normalized spacial score (nSPS) is 9.80. The molecule has 1 heteroatoms. The van der Waals surface area contributed by atoms with Gasteiger partial charge in [-0.3, -0.25) is 0 Å². The minimum Gasteiger partial charge on any atom is -0.121 e. The fraction of sp³-hybridized carbons (Fsp3) is 0.333. The van der Waals surface area contributed by atoms with Crippen LogP contribution < -0.4 is 0 Å². The van der Waals surface area contributed by atoms with Crippen LogP contribution in [0.1, 0.15) is 11.1 Å². The molecule has 1 aromatic rings. The van der Waals surface area contributed by atoms with Crippen molar-refractivity contribution in [1.29, 1.82) is 0 Å². The van der Waals surface area contributed by atoms with Crippen molar-refractivity contribution in [3.05, 3.63) is 35.4 Å². The lowest BCUT2D eigenvalue weighted by atomic mass is 10.2. The van der Waals surface area contributed by atoms with Crippen LogP contribution in [-0.4, -0.2) is 0 Å². The number of aryl methyl sites for hydroxylation is 2. The van der Waals surface area contributed by atoms with Crippen molar-refractivity contribution in [1.82, 2.24) is 0 Å². The Kier molecular flexibility index (Phi) is 2.34. The highest BCUT2D eigenvalue weighted by atomic mass is 31.1. The van der Waals surface area contributed by atoms with E-state index in [1.807, 2.05) is 6.08 Å². The van der Waals surface area contributed by atoms with E-state index in [0.29, 0.717) is 0 Å². The van der Waals surface area contributed by atoms with E-state index in [4.69, 9.17) is 0 Å². The molecular weight excluding hydrogens is 139 g/mol. The van der Waals surface area contributed by atoms with Crippen molar-refractivity contribution in [3.8, 4) is 0 Å². The monoisotopic (exact) mass is 152 g/mol. The van der Waals surface area contributed by atoms with Gasteiger partial charge in [0.2, 0.25) is 0 Å². The number of hydrogen-bond acceptors (Lipinski definition) is 0. The quantitative estimate of drug-likeness (QED) is 0.569. The summed E-state index contributed by atoms with van der Waals surface area (Å²) in [6, 6.07) is 0. The summed E-state index contributed by atoms with van der Waals surface area (Å²) in [6.07, 6.45) is 3.15. The van der Waals surface area contributed by atoms with E-state index in [1.165, 1.54) is 11.1 Å². The van der Waals surface area contributed by atoms with Crippen LogP contribution in [0.5, 0.6) is 0 Å². The number of rotatable bonds is 2. The Bertz CT molecular complexity index is 213. The third-order valence-electron chi connectivity index (χ3n) is 1.68. The van der Waals surface area contributed by atoms with Gasteiger partial charge in [0, 0.05) is 6.16 Å². The molecule has 0 unspecified atom stereocenters. The molecule has 0 saturated heterocycles. The molecule has 0 aliphatic rings. The summed E-state index contributed by atoms with van der Waals surface area (Å²) in [6.45, 7) is 8.09. The summed E-state index contributed by atoms with van der Waals surface area (Å²) in [4.78, 5) is 0. The zero-order valence-electron chi connectivity index (χ0n) is 6.59. The highest BCUT2D eigenvalue weighted by Gasteiger charge is 1.95. The Hall–Kier alpha value is -0.480. The number of allylic oxidation sites excluding steroid dienone is 1. The molecule has 0 fully saturated rings. The van der Waals surface area contributed by atoms with Gasteiger partial charge in [0.25, 0.3) is 0 Å². The molecule has 0 atom stereocenters. The molecule has 0 aromatic carbocycles. The SMILES string of the molecule is C=CCp1cc(C)c(C)c1. The van der Waals surface area contributed by atoms with Crippen LogP contribution in [0.25, 0.3) is 0 Å². The Morgan fingerprint density at radius 3 is 2.30 bits per heavy atom. The third-order valence-corrected chi connectivity index (χ3v) is 3.80. The fourth-order valence-corrected chi connectivity index (χ4v) is 2.98. The van der Waals surface area contributed by atoms with Crippen molar-refractivity contribution in [2.24, 2.45) is 0 Å². The van der Waals surface area contributed by atoms with Crippen LogP contribution in [0, 0.1) is 13.8 Å². The Balaban J connectivity index is 2.86. The minimum absolute atomic E-state index is 0.0340. The number of hydrogen-bond donors (Lipinski definition) is 0. The fourth-order valence-electron chi connectivity index (χ4n) is 0.993. The van der Waals surface area contributed by atoms with Crippen LogP contribution in [0.2, 0.25) is 0 Å². The molecule has 54 valence electrons. The molecular formula is C9H13P. The van der Waals surface area contributed by atoms with Crippen LogP contribution in [0.4, 0.5) is 0 Å². The molecule has 0 nitrogen and oxygen atoms in total. The smallest absolute Gasteiger partial charge is 0.00368 e. The predicted molar refractivity (Wildman–Crippen MR) is 48.8 cm³/mol. The molecule has 0 saturated carbocycles. The van der Waals surface area contributed by atoms with Gasteiger partial charge < -0.3 is 0 Å². The van der Waals surface area contributed by atoms with Gasteiger partial charge >= 0.3 is 0 Å². The first-order valence-corrected chi connectivity index (χ1v) is 5.14. The maximum absolute atomic E-state index is 3.73. The van der Waals surface area contributed by atoms with Crippen molar-refractivity contribution in [2.45, 2.75) is 20.0 Å². The van der Waals surface area contributed by atoms with Gasteiger partial charge in [0.1, 0.15) is 0 Å². The Morgan fingerprint density at radius 2 is 1.90 bits per heavy atom. The van der Waals surface area contributed by atoms with E-state index >= 15 is 0 Å². The second-order valence-corrected chi connectivity index (χ2v) is 4.52. The molecule has 0 amide bonds. The van der Waals surface area contributed by atoms with Gasteiger partial charge in [0.15, 0.2) is 0 Å². The van der Waals surface area contributed by atoms with Gasteiger partial charge in [-0.05, 0) is 36.6 Å². The van der Waals surface area contributed by atoms with E-state index in [1.54, 1.807) is 0 Å². The summed E-state index contributed by atoms with van der Waals surface area (Å²) < 4.78 is 0. The van der Waals surface area contributed by atoms with Gasteiger partial charge in [-0.15, -0.1) is 14.1 Å². The van der Waals surface area contributed by atoms with E-state index in [-0.39, 0.29) is 7.53 Å². The van der Waals surface area contributed by atoms with Crippen molar-refractivity contribution in [2.75, 3.05) is 0 Å². The maximum atomic E-state index is 3.73. The van der Waals surface area contributed by atoms with E-state index in [0.717, 1.165) is 6.16 Å². The maximum Gasteiger partial charge on any atom is 0.00368 e. The Morgan fingerprint density at radius 1 is 1.40 bits per heavy atom. The lowest BCUT2D eigenvalue weighted by Gasteiger charge is -1.85. The van der Waals surface area contributed by atoms with Crippen molar-refractivity contribution < 1.29 is 0 Å². The largest absolute Gasteiger partial charge is 0.121 e. The molecule has 10 heavy (non-hydrogen) atoms. The molecule has 1 rings (SSSR count). The average molecular weight is 152 g/mol. The van der Waals surface area contributed by atoms with Crippen LogP contribution in [0.3, 0.4) is 0 Å². The molecule has 0 aliphatic carbocycles. The average Bonchev–Trinajstić information content (AvgIpc) is 2.14. The summed E-state index contributed by atoms with van der Waals surface area (Å²) in [5.74, 6) is 4.73. The zero-order valence-corrected chi connectivity index (χ0v) is 7.49. The molecule has 1 aromatic heterocycles. The molecule has 0 bridgehead atoms. The van der Waals surface area contributed by atoms with Crippen molar-refractivity contribution in [3.63, 3.8) is 0 Å². The van der Waals surface area contributed by atoms with Crippen LogP contribution in [-0.2, 0) is 6.16 Å². The summed E-state index contributed by atoms with van der Waals surface area (Å²) >= 11 is 0. The Labute approximate surface area is 63.6 Å². The van der Waals surface area contributed by atoms with Gasteiger partial charge in [-0.25, -0.2) is 0 Å². The summed E-state index contributed by atoms with van der Waals surface area (Å²) in [7, 11) is 0.0340. The minimum atomic E-state index is 0.0340. The molecule has 1 heterocycles. The zero-order chi connectivity index (χ0) is 7.56. The highest BCUT2D eigenvalue weighted by molar-refractivity contribution is 7.47. The second-order valence-electron chi connectivity index (χ2n) is 2.61. The lowest BCUT2D eigenvalue weighted by molar-refractivity contribution is 1.41. The van der Waals surface area contributed by atoms with Crippen molar-refractivity contribution >= 4 is 7.53 Å². The predicted octanol–water partition coefficient (Wildman–Crippen LogP) is 3.48. The second kappa shape index (κ2) is 3.07. The summed E-state index contributed by atoms with van der Waals surface area (Å²) in [5.41, 5.74) is 2.90. The van der Waals surface area contributed by atoms with Gasteiger partial charge in [0.05, 0.1) is 0 Å². The first-order chi connectivity index (χ1) is 4.74. The lowest BCUT2D eigenvalue weighted by Crippen LogP contribution is -1.63. The van der Waals surface area contributed by atoms with Gasteiger partial charge in [-0.2, -0.15) is 0 Å². The first-order valence-electron chi connectivity index (χ1n) is 3.48. The standard InChI is InChI=1S/C9H13P/c1-4-5-10-6-8(2)9(3)7-10/h4,6-7H,1,5H2,2-3H3. The molecule has 0 radical (unpaired) electrons. The van der Waals surface area contributed by atoms with E-state index < -0.39 is 0 Å². The first kappa shape index (κ1) is 7.63. The molecule has 0 N–H and O–H groups in total. The van der Waals surface area contributed by atoms with Crippen LogP contribution in [0.15, 0.2) is 24.3 Å². The van der Waals surface area contributed by atoms with Crippen LogP contribution >= 0.6 is 7.53 Å². The molecule has 0 aliphatic heterocycles. The molecule has 0 spiro atoms. The third kappa shape index (κ3) is 1.52. The van der Waals surface area contributed by atoms with Gasteiger partial charge in [-0.1, -0.05) is 6.08 Å². The summed E-state index contributed by atoms with van der Waals surface area (Å²) in [5, 5.41) is 0.